The predicted molar refractivity (Wildman–Crippen MR) is 122 cm³/mol. The van der Waals surface area contributed by atoms with Crippen LogP contribution in [0.2, 0.25) is 5.02 Å². The van der Waals surface area contributed by atoms with Gasteiger partial charge in [0.15, 0.2) is 0 Å². The molecule has 0 saturated heterocycles. The van der Waals surface area contributed by atoms with Crippen molar-refractivity contribution in [2.45, 2.75) is 58.2 Å². The second-order valence-electron chi connectivity index (χ2n) is 8.15. The van der Waals surface area contributed by atoms with E-state index in [1.54, 1.807) is 0 Å². The summed E-state index contributed by atoms with van der Waals surface area (Å²) in [4.78, 5) is 48.8. The SMILES string of the molecule is CC(=O)NCCn1c(=O)cnn(-c2ccc(Cl)c(C(=O)NC(O)C3CCCCCC3)c2)c1=O. The third kappa shape index (κ3) is 6.29. The van der Waals surface area contributed by atoms with Crippen molar-refractivity contribution in [1.82, 2.24) is 25.0 Å². The van der Waals surface area contributed by atoms with Crippen molar-refractivity contribution in [2.75, 3.05) is 6.54 Å². The van der Waals surface area contributed by atoms with Crippen LogP contribution in [-0.4, -0.2) is 44.0 Å². The van der Waals surface area contributed by atoms with Crippen LogP contribution in [0.4, 0.5) is 0 Å². The normalized spacial score (nSPS) is 15.5. The molecule has 0 bridgehead atoms. The zero-order chi connectivity index (χ0) is 24.0. The van der Waals surface area contributed by atoms with E-state index in [2.05, 4.69) is 15.7 Å². The number of hydrogen-bond donors (Lipinski definition) is 3. The van der Waals surface area contributed by atoms with Crippen LogP contribution >= 0.6 is 11.6 Å². The average Bonchev–Trinajstić information content (AvgIpc) is 3.06. The van der Waals surface area contributed by atoms with Crippen LogP contribution in [-0.2, 0) is 11.3 Å². The minimum absolute atomic E-state index is 0.0186. The van der Waals surface area contributed by atoms with E-state index in [1.807, 2.05) is 0 Å². The summed E-state index contributed by atoms with van der Waals surface area (Å²) in [6.45, 7) is 1.40. The van der Waals surface area contributed by atoms with Crippen LogP contribution in [0.5, 0.6) is 0 Å². The number of carbonyl (C=O) groups excluding carboxylic acids is 2. The quantitative estimate of drug-likeness (QED) is 0.405. The van der Waals surface area contributed by atoms with E-state index in [0.29, 0.717) is 0 Å². The molecule has 1 atom stereocenters. The lowest BCUT2D eigenvalue weighted by molar-refractivity contribution is -0.119. The zero-order valence-corrected chi connectivity index (χ0v) is 19.2. The summed E-state index contributed by atoms with van der Waals surface area (Å²) in [5.74, 6) is -0.864. The number of aliphatic hydroxyl groups is 1. The molecule has 1 unspecified atom stereocenters. The number of aliphatic hydroxyl groups excluding tert-OH is 1. The number of halogens is 1. The number of nitrogens with zero attached hydrogens (tertiary/aromatic N) is 3. The number of amides is 2. The summed E-state index contributed by atoms with van der Waals surface area (Å²) in [7, 11) is 0. The highest BCUT2D eigenvalue weighted by Gasteiger charge is 2.24. The van der Waals surface area contributed by atoms with Gasteiger partial charge in [0.1, 0.15) is 12.4 Å². The van der Waals surface area contributed by atoms with Crippen molar-refractivity contribution in [1.29, 1.82) is 0 Å². The average molecular weight is 478 g/mol. The molecular formula is C22H28ClN5O5. The van der Waals surface area contributed by atoms with E-state index in [0.717, 1.165) is 54.0 Å². The maximum Gasteiger partial charge on any atom is 0.352 e. The molecule has 1 aliphatic rings. The minimum atomic E-state index is -0.994. The van der Waals surface area contributed by atoms with Gasteiger partial charge in [0, 0.05) is 25.9 Å². The lowest BCUT2D eigenvalue weighted by Gasteiger charge is -2.22. The molecule has 33 heavy (non-hydrogen) atoms. The minimum Gasteiger partial charge on any atom is -0.373 e. The second kappa shape index (κ2) is 11.2. The van der Waals surface area contributed by atoms with Gasteiger partial charge in [-0.15, -0.1) is 0 Å². The molecule has 178 valence electrons. The van der Waals surface area contributed by atoms with E-state index in [9.17, 15) is 24.3 Å². The Morgan fingerprint density at radius 1 is 1.21 bits per heavy atom. The Hall–Kier alpha value is -2.98. The van der Waals surface area contributed by atoms with Crippen LogP contribution < -0.4 is 21.9 Å². The van der Waals surface area contributed by atoms with E-state index in [-0.39, 0.29) is 41.2 Å². The molecule has 1 saturated carbocycles. The fourth-order valence-electron chi connectivity index (χ4n) is 3.94. The Labute approximate surface area is 195 Å². The zero-order valence-electron chi connectivity index (χ0n) is 18.4. The molecule has 1 aliphatic carbocycles. The smallest absolute Gasteiger partial charge is 0.352 e. The predicted octanol–water partition coefficient (Wildman–Crippen LogP) is 1.20. The van der Waals surface area contributed by atoms with Gasteiger partial charge < -0.3 is 15.7 Å². The van der Waals surface area contributed by atoms with Crippen molar-refractivity contribution in [3.63, 3.8) is 0 Å². The maximum absolute atomic E-state index is 12.8. The Kier molecular flexibility index (Phi) is 8.40. The van der Waals surface area contributed by atoms with Gasteiger partial charge in [-0.2, -0.15) is 9.78 Å². The van der Waals surface area contributed by atoms with Gasteiger partial charge in [-0.1, -0.05) is 37.3 Å². The number of benzene rings is 1. The summed E-state index contributed by atoms with van der Waals surface area (Å²) in [5, 5.41) is 19.7. The van der Waals surface area contributed by atoms with Crippen LogP contribution in [0.15, 0.2) is 34.0 Å². The van der Waals surface area contributed by atoms with Gasteiger partial charge in [-0.3, -0.25) is 19.0 Å². The van der Waals surface area contributed by atoms with Gasteiger partial charge in [-0.25, -0.2) is 4.79 Å². The number of hydrogen-bond acceptors (Lipinski definition) is 6. The molecule has 0 spiro atoms. The molecule has 1 aromatic heterocycles. The van der Waals surface area contributed by atoms with Crippen molar-refractivity contribution < 1.29 is 14.7 Å². The first-order valence-corrected chi connectivity index (χ1v) is 11.4. The molecule has 11 heteroatoms. The first-order chi connectivity index (χ1) is 15.8. The Morgan fingerprint density at radius 2 is 1.91 bits per heavy atom. The Balaban J connectivity index is 1.83. The Bertz CT molecular complexity index is 1120. The first kappa shape index (κ1) is 24.7. The van der Waals surface area contributed by atoms with E-state index < -0.39 is 23.4 Å². The third-order valence-electron chi connectivity index (χ3n) is 5.74. The molecule has 1 heterocycles. The standard InChI is InChI=1S/C22H28ClN5O5/c1-14(29)24-10-11-27-19(30)13-25-28(22(27)33)16-8-9-18(23)17(12-16)21(32)26-20(31)15-6-4-2-3-5-7-15/h8-9,12-13,15,20,31H,2-7,10-11H2,1H3,(H,24,29)(H,26,32). The van der Waals surface area contributed by atoms with Crippen molar-refractivity contribution in [3.8, 4) is 5.69 Å². The van der Waals surface area contributed by atoms with Crippen LogP contribution in [0, 0.1) is 5.92 Å². The van der Waals surface area contributed by atoms with Gasteiger partial charge in [0.05, 0.1) is 16.3 Å². The largest absolute Gasteiger partial charge is 0.373 e. The fourth-order valence-corrected chi connectivity index (χ4v) is 4.14. The molecule has 2 amide bonds. The molecule has 0 aliphatic heterocycles. The lowest BCUT2D eigenvalue weighted by atomic mass is 9.98. The maximum atomic E-state index is 12.8. The van der Waals surface area contributed by atoms with Crippen LogP contribution in [0.1, 0.15) is 55.8 Å². The Morgan fingerprint density at radius 3 is 2.58 bits per heavy atom. The molecular weight excluding hydrogens is 450 g/mol. The third-order valence-corrected chi connectivity index (χ3v) is 6.07. The number of rotatable bonds is 7. The summed E-state index contributed by atoms with van der Waals surface area (Å²) in [6.07, 6.45) is 5.95. The van der Waals surface area contributed by atoms with Gasteiger partial charge in [-0.05, 0) is 31.0 Å². The molecule has 3 rings (SSSR count). The number of carbonyl (C=O) groups is 2. The number of aromatic nitrogens is 3. The highest BCUT2D eigenvalue weighted by atomic mass is 35.5. The molecule has 1 fully saturated rings. The van der Waals surface area contributed by atoms with Gasteiger partial charge in [0.25, 0.3) is 11.5 Å². The molecule has 0 radical (unpaired) electrons. The highest BCUT2D eigenvalue weighted by molar-refractivity contribution is 6.33. The monoisotopic (exact) mass is 477 g/mol. The summed E-state index contributed by atoms with van der Waals surface area (Å²) < 4.78 is 1.91. The van der Waals surface area contributed by atoms with Crippen molar-refractivity contribution in [2.24, 2.45) is 5.92 Å². The summed E-state index contributed by atoms with van der Waals surface area (Å²) in [6, 6.07) is 4.33. The van der Waals surface area contributed by atoms with Crippen molar-refractivity contribution >= 4 is 23.4 Å². The second-order valence-corrected chi connectivity index (χ2v) is 8.55. The van der Waals surface area contributed by atoms with E-state index in [1.165, 1.54) is 25.1 Å². The molecule has 2 aromatic rings. The van der Waals surface area contributed by atoms with Gasteiger partial charge in [0.2, 0.25) is 5.91 Å². The van der Waals surface area contributed by atoms with Crippen LogP contribution in [0.25, 0.3) is 5.69 Å². The lowest BCUT2D eigenvalue weighted by Crippen LogP contribution is -2.42. The van der Waals surface area contributed by atoms with Gasteiger partial charge >= 0.3 is 5.69 Å². The first-order valence-electron chi connectivity index (χ1n) is 11.0. The van der Waals surface area contributed by atoms with Crippen LogP contribution in [0.3, 0.4) is 0 Å². The molecule has 10 nitrogen and oxygen atoms in total. The molecule has 1 aromatic carbocycles. The molecule has 3 N–H and O–H groups in total. The topological polar surface area (TPSA) is 135 Å². The summed E-state index contributed by atoms with van der Waals surface area (Å²) in [5.41, 5.74) is -1.03. The fraction of sp³-hybridized carbons (Fsp3) is 0.500. The summed E-state index contributed by atoms with van der Waals surface area (Å²) >= 11 is 6.22. The van der Waals surface area contributed by atoms with Crippen molar-refractivity contribution in [3.05, 3.63) is 55.8 Å². The van der Waals surface area contributed by atoms with E-state index >= 15 is 0 Å². The number of nitrogens with one attached hydrogen (secondary N) is 2. The highest BCUT2D eigenvalue weighted by Crippen LogP contribution is 2.25. The van der Waals surface area contributed by atoms with E-state index in [4.69, 9.17) is 11.6 Å².